The van der Waals surface area contributed by atoms with Gasteiger partial charge in [0.2, 0.25) is 0 Å². The quantitative estimate of drug-likeness (QED) is 0.838. The fourth-order valence-corrected chi connectivity index (χ4v) is 3.89. The van der Waals surface area contributed by atoms with Crippen molar-refractivity contribution in [2.75, 3.05) is 13.1 Å². The Morgan fingerprint density at radius 3 is 2.45 bits per heavy atom. The maximum Gasteiger partial charge on any atom is 0.407 e. The molecule has 1 saturated carbocycles. The van der Waals surface area contributed by atoms with E-state index in [1.807, 2.05) is 11.6 Å². The van der Waals surface area contributed by atoms with Crippen molar-refractivity contribution in [3.8, 4) is 0 Å². The molecule has 2 heterocycles. The Balaban J connectivity index is 1.71. The zero-order valence-corrected chi connectivity index (χ0v) is 13.0. The standard InChI is InChI=1S/C13H16BrN3O3/c1-7-10(14)11(8(2)18)15-17(7)9-3-13(4-9)5-16(6-13)12(19)20/h9H,3-6H2,1-2H3,(H,19,20). The lowest BCUT2D eigenvalue weighted by Gasteiger charge is -2.58. The monoisotopic (exact) mass is 341 g/mol. The second kappa shape index (κ2) is 4.31. The molecule has 0 radical (unpaired) electrons. The summed E-state index contributed by atoms with van der Waals surface area (Å²) in [6, 6.07) is 0.273. The number of aromatic nitrogens is 2. The van der Waals surface area contributed by atoms with Gasteiger partial charge < -0.3 is 10.0 Å². The third kappa shape index (κ3) is 1.87. The Morgan fingerprint density at radius 1 is 1.40 bits per heavy atom. The van der Waals surface area contributed by atoms with Gasteiger partial charge in [0, 0.05) is 25.4 Å². The van der Waals surface area contributed by atoms with Gasteiger partial charge in [-0.25, -0.2) is 4.79 Å². The molecule has 2 fully saturated rings. The Hall–Kier alpha value is -1.37. The second-order valence-electron chi connectivity index (χ2n) is 5.95. The van der Waals surface area contributed by atoms with Crippen molar-refractivity contribution < 1.29 is 14.7 Å². The fraction of sp³-hybridized carbons (Fsp3) is 0.615. The molecule has 7 heteroatoms. The maximum atomic E-state index is 11.5. The predicted octanol–water partition coefficient (Wildman–Crippen LogP) is 2.47. The average Bonchev–Trinajstić information content (AvgIpc) is 2.53. The van der Waals surface area contributed by atoms with Gasteiger partial charge in [0.05, 0.1) is 16.2 Å². The normalized spacial score (nSPS) is 20.6. The van der Waals surface area contributed by atoms with Gasteiger partial charge in [-0.15, -0.1) is 0 Å². The summed E-state index contributed by atoms with van der Waals surface area (Å²) in [6.45, 7) is 4.70. The van der Waals surface area contributed by atoms with Crippen LogP contribution in [0.5, 0.6) is 0 Å². The molecule has 1 N–H and O–H groups in total. The van der Waals surface area contributed by atoms with Crippen LogP contribution in [-0.2, 0) is 0 Å². The summed E-state index contributed by atoms with van der Waals surface area (Å²) < 4.78 is 2.68. The van der Waals surface area contributed by atoms with Gasteiger partial charge >= 0.3 is 6.09 Å². The van der Waals surface area contributed by atoms with E-state index in [0.29, 0.717) is 18.8 Å². The number of hydrogen-bond acceptors (Lipinski definition) is 3. The molecule has 1 spiro atoms. The molecule has 2 aliphatic rings. The summed E-state index contributed by atoms with van der Waals surface area (Å²) in [4.78, 5) is 23.7. The van der Waals surface area contributed by atoms with Crippen LogP contribution in [0.2, 0.25) is 0 Å². The summed E-state index contributed by atoms with van der Waals surface area (Å²) in [5, 5.41) is 13.3. The molecular weight excluding hydrogens is 326 g/mol. The van der Waals surface area contributed by atoms with E-state index in [4.69, 9.17) is 5.11 Å². The van der Waals surface area contributed by atoms with Gasteiger partial charge in [-0.05, 0) is 35.7 Å². The zero-order chi connectivity index (χ0) is 14.7. The minimum atomic E-state index is -0.837. The topological polar surface area (TPSA) is 75.4 Å². The fourth-order valence-electron chi connectivity index (χ4n) is 3.35. The first-order chi connectivity index (χ1) is 9.33. The van der Waals surface area contributed by atoms with Crippen molar-refractivity contribution in [1.29, 1.82) is 0 Å². The maximum absolute atomic E-state index is 11.5. The van der Waals surface area contributed by atoms with E-state index < -0.39 is 6.09 Å². The summed E-state index contributed by atoms with van der Waals surface area (Å²) >= 11 is 3.42. The van der Waals surface area contributed by atoms with Crippen LogP contribution in [0.3, 0.4) is 0 Å². The number of carbonyl (C=O) groups excluding carboxylic acids is 1. The van der Waals surface area contributed by atoms with Crippen molar-refractivity contribution >= 4 is 27.8 Å². The lowest BCUT2D eigenvalue weighted by Crippen LogP contribution is -2.63. The van der Waals surface area contributed by atoms with Gasteiger partial charge in [-0.1, -0.05) is 0 Å². The van der Waals surface area contributed by atoms with Crippen LogP contribution in [-0.4, -0.2) is 44.8 Å². The second-order valence-corrected chi connectivity index (χ2v) is 6.74. The minimum Gasteiger partial charge on any atom is -0.465 e. The van der Waals surface area contributed by atoms with Crippen LogP contribution in [0.15, 0.2) is 4.47 Å². The Bertz CT molecular complexity index is 596. The van der Waals surface area contributed by atoms with E-state index in [1.54, 1.807) is 0 Å². The first-order valence-electron chi connectivity index (χ1n) is 6.56. The molecule has 0 atom stereocenters. The van der Waals surface area contributed by atoms with Crippen molar-refractivity contribution in [3.63, 3.8) is 0 Å². The van der Waals surface area contributed by atoms with Crippen LogP contribution in [0.4, 0.5) is 4.79 Å². The molecule has 3 rings (SSSR count). The SMILES string of the molecule is CC(=O)c1nn(C2CC3(C2)CN(C(=O)O)C3)c(C)c1Br. The molecule has 108 valence electrons. The van der Waals surface area contributed by atoms with Crippen LogP contribution >= 0.6 is 15.9 Å². The van der Waals surface area contributed by atoms with E-state index >= 15 is 0 Å². The van der Waals surface area contributed by atoms with Crippen molar-refractivity contribution in [3.05, 3.63) is 15.9 Å². The molecule has 1 aliphatic heterocycles. The van der Waals surface area contributed by atoms with E-state index in [2.05, 4.69) is 21.0 Å². The van der Waals surface area contributed by atoms with E-state index in [0.717, 1.165) is 23.0 Å². The average molecular weight is 342 g/mol. The molecule has 1 aromatic rings. The Morgan fingerprint density at radius 2 is 2.00 bits per heavy atom. The summed E-state index contributed by atoms with van der Waals surface area (Å²) in [7, 11) is 0. The molecule has 1 aliphatic carbocycles. The smallest absolute Gasteiger partial charge is 0.407 e. The number of halogens is 1. The third-order valence-corrected chi connectivity index (χ3v) is 5.37. The number of likely N-dealkylation sites (tertiary alicyclic amines) is 1. The van der Waals surface area contributed by atoms with Crippen LogP contribution < -0.4 is 0 Å². The van der Waals surface area contributed by atoms with E-state index in [1.165, 1.54) is 11.8 Å². The van der Waals surface area contributed by atoms with Crippen LogP contribution in [0.25, 0.3) is 0 Å². The van der Waals surface area contributed by atoms with Gasteiger partial charge in [0.1, 0.15) is 5.69 Å². The molecule has 20 heavy (non-hydrogen) atoms. The summed E-state index contributed by atoms with van der Waals surface area (Å²) in [5.74, 6) is -0.0477. The van der Waals surface area contributed by atoms with Gasteiger partial charge in [-0.3, -0.25) is 9.48 Å². The van der Waals surface area contributed by atoms with Crippen molar-refractivity contribution in [1.82, 2.24) is 14.7 Å². The number of nitrogens with zero attached hydrogens (tertiary/aromatic N) is 3. The number of carboxylic acid groups (broad SMARTS) is 1. The number of hydrogen-bond donors (Lipinski definition) is 1. The number of amides is 1. The Labute approximate surface area is 124 Å². The molecular formula is C13H16BrN3O3. The highest BCUT2D eigenvalue weighted by Crippen LogP contribution is 2.54. The minimum absolute atomic E-state index is 0.0477. The molecule has 1 saturated heterocycles. The first-order valence-corrected chi connectivity index (χ1v) is 7.36. The van der Waals surface area contributed by atoms with Crippen molar-refractivity contribution in [2.45, 2.75) is 32.7 Å². The highest BCUT2D eigenvalue weighted by Gasteiger charge is 2.55. The summed E-state index contributed by atoms with van der Waals surface area (Å²) in [5.41, 5.74) is 1.58. The lowest BCUT2D eigenvalue weighted by atomic mass is 9.61. The molecule has 1 amide bonds. The van der Waals surface area contributed by atoms with E-state index in [-0.39, 0.29) is 17.2 Å². The number of carbonyl (C=O) groups is 2. The molecule has 1 aromatic heterocycles. The van der Waals surface area contributed by atoms with Gasteiger partial charge in [-0.2, -0.15) is 5.10 Å². The van der Waals surface area contributed by atoms with Crippen molar-refractivity contribution in [2.24, 2.45) is 5.41 Å². The van der Waals surface area contributed by atoms with Gasteiger partial charge in [0.15, 0.2) is 5.78 Å². The highest BCUT2D eigenvalue weighted by molar-refractivity contribution is 9.10. The molecule has 0 bridgehead atoms. The largest absolute Gasteiger partial charge is 0.465 e. The molecule has 0 unspecified atom stereocenters. The number of ketones is 1. The molecule has 6 nitrogen and oxygen atoms in total. The first kappa shape index (κ1) is 13.6. The Kier molecular flexibility index (Phi) is 2.93. The predicted molar refractivity (Wildman–Crippen MR) is 75.0 cm³/mol. The zero-order valence-electron chi connectivity index (χ0n) is 11.4. The van der Waals surface area contributed by atoms with Crippen LogP contribution in [0.1, 0.15) is 42.0 Å². The number of rotatable bonds is 2. The number of Topliss-reactive ketones (excluding diaryl/α,β-unsaturated/α-hetero) is 1. The van der Waals surface area contributed by atoms with E-state index in [9.17, 15) is 9.59 Å². The lowest BCUT2D eigenvalue weighted by molar-refractivity contribution is -0.0776. The molecule has 0 aromatic carbocycles. The summed E-state index contributed by atoms with van der Waals surface area (Å²) in [6.07, 6.45) is 1.03. The van der Waals surface area contributed by atoms with Gasteiger partial charge in [0.25, 0.3) is 0 Å². The third-order valence-electron chi connectivity index (χ3n) is 4.42. The highest BCUT2D eigenvalue weighted by atomic mass is 79.9. The van der Waals surface area contributed by atoms with Crippen LogP contribution in [0, 0.1) is 12.3 Å².